The third-order valence-electron chi connectivity index (χ3n) is 8.73. The van der Waals surface area contributed by atoms with Gasteiger partial charge >= 0.3 is 5.97 Å². The number of ketones is 1. The van der Waals surface area contributed by atoms with E-state index in [0.29, 0.717) is 25.7 Å². The Morgan fingerprint density at radius 1 is 0.963 bits per heavy atom. The van der Waals surface area contributed by atoms with E-state index in [0.717, 1.165) is 6.42 Å². The van der Waals surface area contributed by atoms with E-state index in [-0.39, 0.29) is 17.7 Å². The van der Waals surface area contributed by atoms with Crippen LogP contribution in [-0.4, -0.2) is 29.2 Å². The molecule has 7 heteroatoms. The van der Waals surface area contributed by atoms with Gasteiger partial charge in [0.2, 0.25) is 0 Å². The van der Waals surface area contributed by atoms with Crippen LogP contribution in [0.15, 0.2) is 0 Å². The van der Waals surface area contributed by atoms with Crippen molar-refractivity contribution in [2.24, 2.45) is 27.6 Å². The summed E-state index contributed by atoms with van der Waals surface area (Å²) in [6, 6.07) is 0. The van der Waals surface area contributed by atoms with Gasteiger partial charge in [-0.2, -0.15) is 0 Å². The van der Waals surface area contributed by atoms with Gasteiger partial charge in [0.05, 0.1) is 5.41 Å². The minimum atomic E-state index is -1.29. The van der Waals surface area contributed by atoms with Crippen LogP contribution in [0.25, 0.3) is 0 Å². The van der Waals surface area contributed by atoms with Crippen molar-refractivity contribution >= 4 is 23.6 Å². The molecule has 1 heterocycles. The molecule has 7 nitrogen and oxygen atoms in total. The van der Waals surface area contributed by atoms with Crippen molar-refractivity contribution in [3.05, 3.63) is 0 Å². The molecule has 148 valence electrons. The summed E-state index contributed by atoms with van der Waals surface area (Å²) in [5.74, 6) is -1.18. The van der Waals surface area contributed by atoms with Gasteiger partial charge in [0.1, 0.15) is 5.41 Å². The minimum Gasteiger partial charge on any atom is -0.448 e. The van der Waals surface area contributed by atoms with Gasteiger partial charge in [0.25, 0.3) is 11.8 Å². The standard InChI is InChI=1S/C20H28N2O5/c1-16(2)11-6-7-19(10-11,12(16)23)13(24)21-22-14(25)20-9-8-18(5,15(26)27-20)17(20,3)4/h11H,6-10H2,1-5H3,(H,21,24)(H,22,25). The molecule has 2 N–H and O–H groups in total. The number of esters is 1. The number of rotatable bonds is 2. The van der Waals surface area contributed by atoms with Crippen molar-refractivity contribution in [3.8, 4) is 0 Å². The molecule has 0 spiro atoms. The number of carbonyl (C=O) groups is 4. The molecule has 1 saturated heterocycles. The predicted octanol–water partition coefficient (Wildman–Crippen LogP) is 1.65. The second kappa shape index (κ2) is 4.92. The van der Waals surface area contributed by atoms with Gasteiger partial charge in [-0.25, -0.2) is 0 Å². The van der Waals surface area contributed by atoms with Gasteiger partial charge in [-0.15, -0.1) is 0 Å². The molecule has 4 unspecified atom stereocenters. The maximum atomic E-state index is 13.0. The topological polar surface area (TPSA) is 102 Å². The Balaban J connectivity index is 1.50. The summed E-state index contributed by atoms with van der Waals surface area (Å²) in [4.78, 5) is 51.0. The van der Waals surface area contributed by atoms with E-state index in [4.69, 9.17) is 4.74 Å². The van der Waals surface area contributed by atoms with Gasteiger partial charge in [0, 0.05) is 10.8 Å². The zero-order valence-electron chi connectivity index (χ0n) is 16.7. The molecule has 4 bridgehead atoms. The Kier molecular flexibility index (Phi) is 3.36. The van der Waals surface area contributed by atoms with E-state index >= 15 is 0 Å². The molecule has 3 aliphatic carbocycles. The van der Waals surface area contributed by atoms with Gasteiger partial charge in [-0.05, 0) is 44.9 Å². The third-order valence-corrected chi connectivity index (χ3v) is 8.73. The molecule has 3 saturated carbocycles. The fraction of sp³-hybridized carbons (Fsp3) is 0.800. The highest BCUT2D eigenvalue weighted by Gasteiger charge is 2.76. The zero-order chi connectivity index (χ0) is 20.0. The van der Waals surface area contributed by atoms with Crippen LogP contribution < -0.4 is 10.9 Å². The highest BCUT2D eigenvalue weighted by molar-refractivity contribution is 6.11. The van der Waals surface area contributed by atoms with Crippen molar-refractivity contribution in [2.75, 3.05) is 0 Å². The molecule has 2 amide bonds. The molecule has 0 aromatic carbocycles. The number of Topliss-reactive ketones (excluding diaryl/α,β-unsaturated/α-hetero) is 1. The number of hydrogen-bond donors (Lipinski definition) is 2. The summed E-state index contributed by atoms with van der Waals surface area (Å²) in [5.41, 5.74) is 0.706. The lowest BCUT2D eigenvalue weighted by molar-refractivity contribution is -0.169. The Morgan fingerprint density at radius 2 is 1.59 bits per heavy atom. The molecule has 27 heavy (non-hydrogen) atoms. The summed E-state index contributed by atoms with van der Waals surface area (Å²) in [6.45, 7) is 9.33. The fourth-order valence-corrected chi connectivity index (χ4v) is 6.06. The first-order chi connectivity index (χ1) is 12.4. The molecule has 1 aliphatic heterocycles. The molecule has 0 aromatic heterocycles. The minimum absolute atomic E-state index is 0.0442. The van der Waals surface area contributed by atoms with Crippen molar-refractivity contribution in [1.29, 1.82) is 0 Å². The fourth-order valence-electron chi connectivity index (χ4n) is 6.06. The maximum Gasteiger partial charge on any atom is 0.313 e. The smallest absolute Gasteiger partial charge is 0.313 e. The second-order valence-electron chi connectivity index (χ2n) is 10.2. The molecule has 4 aliphatic rings. The molecule has 0 aromatic rings. The van der Waals surface area contributed by atoms with Crippen molar-refractivity contribution < 1.29 is 23.9 Å². The number of nitrogens with one attached hydrogen (secondary N) is 2. The van der Waals surface area contributed by atoms with E-state index < -0.39 is 39.1 Å². The number of amides is 2. The quantitative estimate of drug-likeness (QED) is 0.433. The first kappa shape index (κ1) is 18.4. The van der Waals surface area contributed by atoms with Gasteiger partial charge in [-0.1, -0.05) is 27.7 Å². The summed E-state index contributed by atoms with van der Waals surface area (Å²) < 4.78 is 5.53. The van der Waals surface area contributed by atoms with Crippen LogP contribution in [0.5, 0.6) is 0 Å². The molecular weight excluding hydrogens is 348 g/mol. The highest BCUT2D eigenvalue weighted by Crippen LogP contribution is 2.65. The van der Waals surface area contributed by atoms with E-state index in [1.807, 2.05) is 34.6 Å². The van der Waals surface area contributed by atoms with Crippen molar-refractivity contribution in [2.45, 2.75) is 72.3 Å². The number of carbonyl (C=O) groups excluding carboxylic acids is 4. The largest absolute Gasteiger partial charge is 0.448 e. The average Bonchev–Trinajstić information content (AvgIpc) is 3.23. The van der Waals surface area contributed by atoms with Crippen molar-refractivity contribution in [1.82, 2.24) is 10.9 Å². The number of hydrogen-bond acceptors (Lipinski definition) is 5. The molecule has 4 rings (SSSR count). The Hall–Kier alpha value is -1.92. The van der Waals surface area contributed by atoms with E-state index in [1.165, 1.54) is 0 Å². The van der Waals surface area contributed by atoms with E-state index in [9.17, 15) is 19.2 Å². The normalized spacial score (nSPS) is 42.9. The lowest BCUT2D eigenvalue weighted by Crippen LogP contribution is -2.60. The van der Waals surface area contributed by atoms with Crippen LogP contribution >= 0.6 is 0 Å². The van der Waals surface area contributed by atoms with Crippen LogP contribution in [0.1, 0.15) is 66.7 Å². The third kappa shape index (κ3) is 1.83. The predicted molar refractivity (Wildman–Crippen MR) is 94.8 cm³/mol. The highest BCUT2D eigenvalue weighted by atomic mass is 16.6. The molecule has 4 atom stereocenters. The molecular formula is C20H28N2O5. The van der Waals surface area contributed by atoms with Crippen LogP contribution in [0, 0.1) is 27.6 Å². The van der Waals surface area contributed by atoms with E-state index in [2.05, 4.69) is 10.9 Å². The van der Waals surface area contributed by atoms with Gasteiger partial charge < -0.3 is 4.74 Å². The van der Waals surface area contributed by atoms with Crippen LogP contribution in [0.2, 0.25) is 0 Å². The lowest BCUT2D eigenvalue weighted by atomic mass is 9.66. The Morgan fingerprint density at radius 3 is 2.07 bits per heavy atom. The monoisotopic (exact) mass is 376 g/mol. The zero-order valence-corrected chi connectivity index (χ0v) is 16.7. The number of hydrazine groups is 1. The summed E-state index contributed by atoms with van der Waals surface area (Å²) in [6.07, 6.45) is 2.88. The van der Waals surface area contributed by atoms with E-state index in [1.54, 1.807) is 0 Å². The molecule has 0 radical (unpaired) electrons. The molecule has 4 fully saturated rings. The summed E-state index contributed by atoms with van der Waals surface area (Å²) in [7, 11) is 0. The van der Waals surface area contributed by atoms with Crippen LogP contribution in [-0.2, 0) is 23.9 Å². The Labute approximate surface area is 158 Å². The average molecular weight is 376 g/mol. The van der Waals surface area contributed by atoms with Crippen LogP contribution in [0.3, 0.4) is 0 Å². The first-order valence-corrected chi connectivity index (χ1v) is 9.74. The second-order valence-corrected chi connectivity index (χ2v) is 10.2. The number of fused-ring (bicyclic) bond motifs is 4. The van der Waals surface area contributed by atoms with Gasteiger partial charge in [0.15, 0.2) is 11.4 Å². The van der Waals surface area contributed by atoms with Crippen molar-refractivity contribution in [3.63, 3.8) is 0 Å². The lowest BCUT2D eigenvalue weighted by Gasteiger charge is -2.36. The maximum absolute atomic E-state index is 13.0. The van der Waals surface area contributed by atoms with Gasteiger partial charge in [-0.3, -0.25) is 30.0 Å². The SMILES string of the molecule is CC1(C)C(=O)C2(C(=O)NNC(=O)C34CCC(C)(C(=O)O3)C4(C)C)CCC1C2. The number of ether oxygens (including phenoxy) is 1. The Bertz CT molecular complexity index is 787. The first-order valence-electron chi connectivity index (χ1n) is 9.74. The summed E-state index contributed by atoms with van der Waals surface area (Å²) >= 11 is 0. The summed E-state index contributed by atoms with van der Waals surface area (Å²) in [5, 5.41) is 0. The van der Waals surface area contributed by atoms with Crippen LogP contribution in [0.4, 0.5) is 0 Å².